The molecule has 1 aliphatic carbocycles. The van der Waals surface area contributed by atoms with E-state index in [1.165, 1.54) is 0 Å². The highest BCUT2D eigenvalue weighted by atomic mass is 16.3. The van der Waals surface area contributed by atoms with Crippen LogP contribution in [0.5, 0.6) is 0 Å². The van der Waals surface area contributed by atoms with E-state index in [9.17, 15) is 14.7 Å². The summed E-state index contributed by atoms with van der Waals surface area (Å²) < 4.78 is 0. The fraction of sp³-hybridized carbons (Fsp3) is 0.292. The Morgan fingerprint density at radius 3 is 2.20 bits per heavy atom. The third-order valence-corrected chi connectivity index (χ3v) is 6.08. The van der Waals surface area contributed by atoms with Gasteiger partial charge in [0.05, 0.1) is 0 Å². The minimum Gasteiger partial charge on any atom is -0.380 e. The van der Waals surface area contributed by atoms with Gasteiger partial charge in [0.2, 0.25) is 0 Å². The number of hydrogen-bond acceptors (Lipinski definition) is 4. The molecule has 0 unspecified atom stereocenters. The zero-order valence-corrected chi connectivity index (χ0v) is 16.6. The number of aromatic nitrogens is 1. The number of aliphatic hydroxyl groups is 1. The average Bonchev–Trinajstić information content (AvgIpc) is 3.56. The van der Waals surface area contributed by atoms with E-state index in [0.29, 0.717) is 44.6 Å². The van der Waals surface area contributed by atoms with Crippen LogP contribution in [0.4, 0.5) is 0 Å². The highest BCUT2D eigenvalue weighted by Gasteiger charge is 2.50. The summed E-state index contributed by atoms with van der Waals surface area (Å²) in [4.78, 5) is 32.7. The number of rotatable bonds is 3. The van der Waals surface area contributed by atoms with E-state index in [4.69, 9.17) is 0 Å². The maximum atomic E-state index is 12.9. The summed E-state index contributed by atoms with van der Waals surface area (Å²) in [6, 6.07) is 15.9. The predicted octanol–water partition coefficient (Wildman–Crippen LogP) is 2.71. The molecule has 2 heterocycles. The van der Waals surface area contributed by atoms with E-state index in [0.717, 1.165) is 21.9 Å². The van der Waals surface area contributed by atoms with Gasteiger partial charge in [-0.2, -0.15) is 0 Å². The fourth-order valence-electron chi connectivity index (χ4n) is 3.99. The van der Waals surface area contributed by atoms with Crippen LogP contribution in [0.15, 0.2) is 60.9 Å². The summed E-state index contributed by atoms with van der Waals surface area (Å²) >= 11 is 0. The third-order valence-electron chi connectivity index (χ3n) is 6.08. The highest BCUT2D eigenvalue weighted by molar-refractivity contribution is 5.95. The van der Waals surface area contributed by atoms with Gasteiger partial charge in [0.1, 0.15) is 5.60 Å². The van der Waals surface area contributed by atoms with E-state index < -0.39 is 5.60 Å². The Bertz CT molecular complexity index is 1110. The summed E-state index contributed by atoms with van der Waals surface area (Å²) in [5, 5.41) is 12.2. The van der Waals surface area contributed by atoms with Gasteiger partial charge in [-0.3, -0.25) is 14.6 Å². The van der Waals surface area contributed by atoms with Crippen molar-refractivity contribution in [3.05, 3.63) is 66.5 Å². The van der Waals surface area contributed by atoms with Crippen LogP contribution in [0, 0.1) is 0 Å². The monoisotopic (exact) mass is 401 g/mol. The van der Waals surface area contributed by atoms with Crippen LogP contribution in [0.1, 0.15) is 23.2 Å². The van der Waals surface area contributed by atoms with E-state index in [2.05, 4.69) is 23.2 Å². The van der Waals surface area contributed by atoms with Crippen LogP contribution in [0.3, 0.4) is 0 Å². The van der Waals surface area contributed by atoms with Crippen molar-refractivity contribution in [1.82, 2.24) is 14.8 Å². The van der Waals surface area contributed by atoms with Gasteiger partial charge in [-0.1, -0.05) is 24.3 Å². The van der Waals surface area contributed by atoms with Crippen molar-refractivity contribution in [2.24, 2.45) is 0 Å². The Morgan fingerprint density at radius 1 is 0.833 bits per heavy atom. The standard InChI is InChI=1S/C24H23N3O3/c28-22(26-11-13-27(14-12-26)23(29)24(30)8-9-24)18-3-1-17(2-4-18)19-5-6-21-16-25-10-7-20(21)15-19/h1-7,10,15-16,30H,8-9,11-14H2. The van der Waals surface area contributed by atoms with Gasteiger partial charge < -0.3 is 14.9 Å². The van der Waals surface area contributed by atoms with Crippen LogP contribution >= 0.6 is 0 Å². The normalized spacial score (nSPS) is 17.8. The Morgan fingerprint density at radius 2 is 1.50 bits per heavy atom. The SMILES string of the molecule is O=C(c1ccc(-c2ccc3cnccc3c2)cc1)N1CCN(C(=O)C2(O)CC2)CC1. The molecule has 1 saturated heterocycles. The van der Waals surface area contributed by atoms with E-state index in [-0.39, 0.29) is 11.8 Å². The van der Waals surface area contributed by atoms with Crippen LogP contribution in [0.25, 0.3) is 21.9 Å². The molecule has 2 fully saturated rings. The molecule has 2 aliphatic rings. The van der Waals surface area contributed by atoms with Crippen molar-refractivity contribution in [1.29, 1.82) is 0 Å². The number of carbonyl (C=O) groups is 2. The number of hydrogen-bond donors (Lipinski definition) is 1. The Hall–Kier alpha value is -3.25. The molecule has 2 aromatic carbocycles. The molecular weight excluding hydrogens is 378 g/mol. The first-order valence-electron chi connectivity index (χ1n) is 10.3. The number of carbonyl (C=O) groups excluding carboxylic acids is 2. The molecule has 6 heteroatoms. The van der Waals surface area contributed by atoms with Gasteiger partial charge in [0.25, 0.3) is 11.8 Å². The number of amides is 2. The second kappa shape index (κ2) is 7.22. The zero-order valence-electron chi connectivity index (χ0n) is 16.6. The number of benzene rings is 2. The van der Waals surface area contributed by atoms with Crippen molar-refractivity contribution in [2.45, 2.75) is 18.4 Å². The van der Waals surface area contributed by atoms with E-state index >= 15 is 0 Å². The number of fused-ring (bicyclic) bond motifs is 1. The molecular formula is C24H23N3O3. The Kier molecular flexibility index (Phi) is 4.51. The van der Waals surface area contributed by atoms with Gasteiger partial charge in [-0.25, -0.2) is 0 Å². The van der Waals surface area contributed by atoms with Crippen LogP contribution in [-0.4, -0.2) is 63.5 Å². The lowest BCUT2D eigenvalue weighted by Gasteiger charge is -2.35. The minimum absolute atomic E-state index is 0.0247. The van der Waals surface area contributed by atoms with Gasteiger partial charge >= 0.3 is 0 Å². The summed E-state index contributed by atoms with van der Waals surface area (Å²) in [7, 11) is 0. The molecule has 6 nitrogen and oxygen atoms in total. The summed E-state index contributed by atoms with van der Waals surface area (Å²) in [6.45, 7) is 1.91. The van der Waals surface area contributed by atoms with Gasteiger partial charge in [-0.05, 0) is 53.6 Å². The number of nitrogens with zero attached hydrogens (tertiary/aromatic N) is 3. The molecule has 1 saturated carbocycles. The maximum absolute atomic E-state index is 12.9. The van der Waals surface area contributed by atoms with Crippen LogP contribution < -0.4 is 0 Å². The molecule has 0 spiro atoms. The lowest BCUT2D eigenvalue weighted by atomic mass is 10.0. The third kappa shape index (κ3) is 3.44. The molecule has 30 heavy (non-hydrogen) atoms. The van der Waals surface area contributed by atoms with Crippen molar-refractivity contribution < 1.29 is 14.7 Å². The molecule has 2 amide bonds. The molecule has 1 aromatic heterocycles. The smallest absolute Gasteiger partial charge is 0.254 e. The number of pyridine rings is 1. The van der Waals surface area contributed by atoms with Crippen molar-refractivity contribution in [2.75, 3.05) is 26.2 Å². The molecule has 0 radical (unpaired) electrons. The summed E-state index contributed by atoms with van der Waals surface area (Å²) in [6.07, 6.45) is 4.72. The molecule has 1 aliphatic heterocycles. The average molecular weight is 401 g/mol. The first kappa shape index (κ1) is 18.8. The minimum atomic E-state index is -1.14. The van der Waals surface area contributed by atoms with Gasteiger partial charge in [-0.15, -0.1) is 0 Å². The lowest BCUT2D eigenvalue weighted by Crippen LogP contribution is -2.53. The largest absolute Gasteiger partial charge is 0.380 e. The Balaban J connectivity index is 1.26. The Labute approximate surface area is 174 Å². The maximum Gasteiger partial charge on any atom is 0.254 e. The van der Waals surface area contributed by atoms with Crippen LogP contribution in [-0.2, 0) is 4.79 Å². The first-order chi connectivity index (χ1) is 14.5. The quantitative estimate of drug-likeness (QED) is 0.732. The van der Waals surface area contributed by atoms with E-state index in [1.54, 1.807) is 16.0 Å². The topological polar surface area (TPSA) is 73.7 Å². The highest BCUT2D eigenvalue weighted by Crippen LogP contribution is 2.37. The van der Waals surface area contributed by atoms with Crippen LogP contribution in [0.2, 0.25) is 0 Å². The molecule has 152 valence electrons. The number of piperazine rings is 1. The van der Waals surface area contributed by atoms with Crippen molar-refractivity contribution in [3.63, 3.8) is 0 Å². The predicted molar refractivity (Wildman–Crippen MR) is 114 cm³/mol. The second-order valence-corrected chi connectivity index (χ2v) is 8.13. The summed E-state index contributed by atoms with van der Waals surface area (Å²) in [5.74, 6) is -0.214. The van der Waals surface area contributed by atoms with Crippen molar-refractivity contribution >= 4 is 22.6 Å². The first-order valence-corrected chi connectivity index (χ1v) is 10.3. The molecule has 0 bridgehead atoms. The van der Waals surface area contributed by atoms with Gasteiger partial charge in [0, 0.05) is 49.5 Å². The van der Waals surface area contributed by atoms with Crippen molar-refractivity contribution in [3.8, 4) is 11.1 Å². The summed E-state index contributed by atoms with van der Waals surface area (Å²) in [5.41, 5.74) is 1.65. The fourth-order valence-corrected chi connectivity index (χ4v) is 3.99. The molecule has 5 rings (SSSR count). The molecule has 1 N–H and O–H groups in total. The molecule has 3 aromatic rings. The second-order valence-electron chi connectivity index (χ2n) is 8.13. The lowest BCUT2D eigenvalue weighted by molar-refractivity contribution is -0.143. The zero-order chi connectivity index (χ0) is 20.7. The van der Waals surface area contributed by atoms with E-state index in [1.807, 2.05) is 36.5 Å². The van der Waals surface area contributed by atoms with Gasteiger partial charge in [0.15, 0.2) is 0 Å². The molecule has 0 atom stereocenters.